The van der Waals surface area contributed by atoms with Crippen molar-refractivity contribution in [1.29, 1.82) is 0 Å². The van der Waals surface area contributed by atoms with Crippen molar-refractivity contribution < 1.29 is 0 Å². The minimum Gasteiger partial charge on any atom is -0.312 e. The molecule has 1 fully saturated rings. The van der Waals surface area contributed by atoms with Gasteiger partial charge in [-0.1, -0.05) is 20.3 Å². The van der Waals surface area contributed by atoms with Crippen molar-refractivity contribution in [2.24, 2.45) is 5.92 Å². The SMILES string of the molecule is CCC(C)C1CN(CCCCN(C)C(C)C)CCCN1. The lowest BCUT2D eigenvalue weighted by Gasteiger charge is -2.28. The van der Waals surface area contributed by atoms with Gasteiger partial charge in [0.15, 0.2) is 0 Å². The van der Waals surface area contributed by atoms with Gasteiger partial charge in [0.25, 0.3) is 0 Å². The second kappa shape index (κ2) is 9.75. The van der Waals surface area contributed by atoms with Gasteiger partial charge < -0.3 is 15.1 Å². The van der Waals surface area contributed by atoms with Crippen LogP contribution in [0.1, 0.15) is 53.4 Å². The molecule has 0 spiro atoms. The van der Waals surface area contributed by atoms with Gasteiger partial charge in [-0.2, -0.15) is 0 Å². The molecular weight excluding hydrogens is 246 g/mol. The molecule has 1 aliphatic heterocycles. The molecule has 0 radical (unpaired) electrons. The quantitative estimate of drug-likeness (QED) is 0.691. The van der Waals surface area contributed by atoms with Gasteiger partial charge in [-0.15, -0.1) is 0 Å². The Bertz CT molecular complexity index is 242. The van der Waals surface area contributed by atoms with E-state index in [2.05, 4.69) is 49.9 Å². The topological polar surface area (TPSA) is 18.5 Å². The fourth-order valence-corrected chi connectivity index (χ4v) is 2.85. The molecule has 1 saturated heterocycles. The highest BCUT2D eigenvalue weighted by molar-refractivity contribution is 4.80. The number of hydrogen-bond acceptors (Lipinski definition) is 3. The highest BCUT2D eigenvalue weighted by Crippen LogP contribution is 2.13. The van der Waals surface area contributed by atoms with Crippen LogP contribution in [0.25, 0.3) is 0 Å². The van der Waals surface area contributed by atoms with Gasteiger partial charge in [0, 0.05) is 18.6 Å². The van der Waals surface area contributed by atoms with E-state index in [1.807, 2.05) is 0 Å². The summed E-state index contributed by atoms with van der Waals surface area (Å²) in [6.45, 7) is 15.5. The highest BCUT2D eigenvalue weighted by atomic mass is 15.2. The van der Waals surface area contributed by atoms with Crippen molar-refractivity contribution in [2.45, 2.75) is 65.5 Å². The predicted octanol–water partition coefficient (Wildman–Crippen LogP) is 2.82. The third-order valence-corrected chi connectivity index (χ3v) is 4.96. The summed E-state index contributed by atoms with van der Waals surface area (Å²) in [4.78, 5) is 5.14. The van der Waals surface area contributed by atoms with E-state index in [0.717, 1.165) is 5.92 Å². The molecule has 0 aromatic carbocycles. The average Bonchev–Trinajstić information content (AvgIpc) is 2.67. The van der Waals surface area contributed by atoms with Crippen LogP contribution in [0, 0.1) is 5.92 Å². The summed E-state index contributed by atoms with van der Waals surface area (Å²) in [5.74, 6) is 0.794. The summed E-state index contributed by atoms with van der Waals surface area (Å²) >= 11 is 0. The first-order valence-corrected chi connectivity index (χ1v) is 8.70. The van der Waals surface area contributed by atoms with Crippen molar-refractivity contribution in [3.05, 3.63) is 0 Å². The summed E-state index contributed by atoms with van der Waals surface area (Å²) in [5, 5.41) is 3.74. The van der Waals surface area contributed by atoms with Gasteiger partial charge in [-0.25, -0.2) is 0 Å². The lowest BCUT2D eigenvalue weighted by Crippen LogP contribution is -2.42. The molecule has 20 heavy (non-hydrogen) atoms. The Kier molecular flexibility index (Phi) is 8.74. The number of nitrogens with one attached hydrogen (secondary N) is 1. The monoisotopic (exact) mass is 283 g/mol. The van der Waals surface area contributed by atoms with E-state index >= 15 is 0 Å². The summed E-state index contributed by atoms with van der Waals surface area (Å²) < 4.78 is 0. The maximum atomic E-state index is 3.74. The zero-order chi connectivity index (χ0) is 15.0. The largest absolute Gasteiger partial charge is 0.312 e. The highest BCUT2D eigenvalue weighted by Gasteiger charge is 2.21. The standard InChI is InChI=1S/C17H37N3/c1-6-16(4)17-14-20(13-9-10-18-17)12-8-7-11-19(5)15(2)3/h15-18H,6-14H2,1-5H3. The Hall–Kier alpha value is -0.120. The van der Waals surface area contributed by atoms with Crippen LogP contribution in [0.5, 0.6) is 0 Å². The Labute approximate surface area is 127 Å². The summed E-state index contributed by atoms with van der Waals surface area (Å²) in [6.07, 6.45) is 5.25. The second-order valence-electron chi connectivity index (χ2n) is 6.88. The number of hydrogen-bond donors (Lipinski definition) is 1. The first-order valence-electron chi connectivity index (χ1n) is 8.70. The fraction of sp³-hybridized carbons (Fsp3) is 1.00. The van der Waals surface area contributed by atoms with Crippen molar-refractivity contribution in [1.82, 2.24) is 15.1 Å². The summed E-state index contributed by atoms with van der Waals surface area (Å²) in [5.41, 5.74) is 0. The Morgan fingerprint density at radius 2 is 2.00 bits per heavy atom. The number of unbranched alkanes of at least 4 members (excludes halogenated alkanes) is 1. The molecule has 0 aromatic heterocycles. The molecule has 1 aliphatic rings. The van der Waals surface area contributed by atoms with E-state index < -0.39 is 0 Å². The average molecular weight is 284 g/mol. The van der Waals surface area contributed by atoms with E-state index in [-0.39, 0.29) is 0 Å². The van der Waals surface area contributed by atoms with E-state index in [9.17, 15) is 0 Å². The molecule has 0 bridgehead atoms. The van der Waals surface area contributed by atoms with Crippen molar-refractivity contribution in [3.8, 4) is 0 Å². The minimum absolute atomic E-state index is 0.673. The van der Waals surface area contributed by atoms with Crippen LogP contribution in [-0.2, 0) is 0 Å². The molecule has 1 heterocycles. The molecule has 3 heteroatoms. The maximum Gasteiger partial charge on any atom is 0.0220 e. The van der Waals surface area contributed by atoms with Gasteiger partial charge >= 0.3 is 0 Å². The van der Waals surface area contributed by atoms with Crippen molar-refractivity contribution in [3.63, 3.8) is 0 Å². The first kappa shape index (κ1) is 17.9. The van der Waals surface area contributed by atoms with E-state index in [4.69, 9.17) is 0 Å². The van der Waals surface area contributed by atoms with Gasteiger partial charge in [0.1, 0.15) is 0 Å². The van der Waals surface area contributed by atoms with Crippen LogP contribution >= 0.6 is 0 Å². The fourth-order valence-electron chi connectivity index (χ4n) is 2.85. The van der Waals surface area contributed by atoms with Crippen LogP contribution in [-0.4, -0.2) is 61.7 Å². The first-order chi connectivity index (χ1) is 9.54. The van der Waals surface area contributed by atoms with E-state index in [1.165, 1.54) is 58.4 Å². The Balaban J connectivity index is 2.24. The van der Waals surface area contributed by atoms with E-state index in [0.29, 0.717) is 12.1 Å². The third-order valence-electron chi connectivity index (χ3n) is 4.96. The minimum atomic E-state index is 0.673. The smallest absolute Gasteiger partial charge is 0.0220 e. The lowest BCUT2D eigenvalue weighted by atomic mass is 9.99. The Morgan fingerprint density at radius 3 is 2.65 bits per heavy atom. The van der Waals surface area contributed by atoms with E-state index in [1.54, 1.807) is 0 Å². The second-order valence-corrected chi connectivity index (χ2v) is 6.88. The maximum absolute atomic E-state index is 3.74. The van der Waals surface area contributed by atoms with Gasteiger partial charge in [-0.05, 0) is 72.3 Å². The molecule has 2 unspecified atom stereocenters. The third kappa shape index (κ3) is 6.55. The molecule has 2 atom stereocenters. The molecule has 0 aromatic rings. The normalized spacial score (nSPS) is 23.2. The molecule has 0 amide bonds. The van der Waals surface area contributed by atoms with Crippen molar-refractivity contribution >= 4 is 0 Å². The van der Waals surface area contributed by atoms with Gasteiger partial charge in [0.05, 0.1) is 0 Å². The summed E-state index contributed by atoms with van der Waals surface area (Å²) in [7, 11) is 2.24. The van der Waals surface area contributed by atoms with Crippen LogP contribution in [0.3, 0.4) is 0 Å². The number of nitrogens with zero attached hydrogens (tertiary/aromatic N) is 2. The van der Waals surface area contributed by atoms with Gasteiger partial charge in [0.2, 0.25) is 0 Å². The van der Waals surface area contributed by atoms with Crippen molar-refractivity contribution in [2.75, 3.05) is 39.8 Å². The molecule has 0 saturated carbocycles. The molecule has 120 valence electrons. The molecule has 1 rings (SSSR count). The molecule has 1 N–H and O–H groups in total. The zero-order valence-electron chi connectivity index (χ0n) is 14.5. The molecule has 0 aliphatic carbocycles. The van der Waals surface area contributed by atoms with Crippen LogP contribution in [0.15, 0.2) is 0 Å². The zero-order valence-corrected chi connectivity index (χ0v) is 14.5. The van der Waals surface area contributed by atoms with Crippen LogP contribution < -0.4 is 5.32 Å². The lowest BCUT2D eigenvalue weighted by molar-refractivity contribution is 0.222. The van der Waals surface area contributed by atoms with Crippen LogP contribution in [0.2, 0.25) is 0 Å². The molecule has 3 nitrogen and oxygen atoms in total. The van der Waals surface area contributed by atoms with Gasteiger partial charge in [-0.3, -0.25) is 0 Å². The molecular formula is C17H37N3. The predicted molar refractivity (Wildman–Crippen MR) is 89.3 cm³/mol. The summed E-state index contributed by atoms with van der Waals surface area (Å²) in [6, 6.07) is 1.37. The van der Waals surface area contributed by atoms with Crippen LogP contribution in [0.4, 0.5) is 0 Å². The Morgan fingerprint density at radius 1 is 1.25 bits per heavy atom. The number of rotatable bonds is 8.